The van der Waals surface area contributed by atoms with Crippen LogP contribution in [0.15, 0.2) is 30.5 Å². The molecule has 2 atom stereocenters. The molecule has 6 nitrogen and oxygen atoms in total. The third-order valence-electron chi connectivity index (χ3n) is 4.55. The van der Waals surface area contributed by atoms with E-state index < -0.39 is 0 Å². The average Bonchev–Trinajstić information content (AvgIpc) is 3.22. The topological polar surface area (TPSA) is 76.4 Å². The van der Waals surface area contributed by atoms with Gasteiger partial charge in [0, 0.05) is 18.7 Å². The number of carbonyl (C=O) groups is 1. The first-order valence-corrected chi connectivity index (χ1v) is 8.25. The van der Waals surface area contributed by atoms with Crippen LogP contribution in [0.3, 0.4) is 0 Å². The molecule has 3 rings (SSSR count). The van der Waals surface area contributed by atoms with Crippen molar-refractivity contribution in [3.63, 3.8) is 0 Å². The first-order valence-electron chi connectivity index (χ1n) is 8.25. The molecule has 24 heavy (non-hydrogen) atoms. The van der Waals surface area contributed by atoms with E-state index in [-0.39, 0.29) is 17.9 Å². The number of benzene rings is 1. The Morgan fingerprint density at radius 2 is 2.25 bits per heavy atom. The molecule has 6 heteroatoms. The summed E-state index contributed by atoms with van der Waals surface area (Å²) in [5.41, 5.74) is 2.23. The van der Waals surface area contributed by atoms with E-state index in [9.17, 15) is 9.90 Å². The smallest absolute Gasteiger partial charge is 0.271 e. The van der Waals surface area contributed by atoms with Gasteiger partial charge in [-0.15, -0.1) is 0 Å². The lowest BCUT2D eigenvalue weighted by Crippen LogP contribution is -2.32. The molecule has 128 valence electrons. The lowest BCUT2D eigenvalue weighted by atomic mass is 10.1. The summed E-state index contributed by atoms with van der Waals surface area (Å²) >= 11 is 0. The van der Waals surface area contributed by atoms with Crippen molar-refractivity contribution in [3.05, 3.63) is 41.7 Å². The van der Waals surface area contributed by atoms with Gasteiger partial charge in [0.15, 0.2) is 5.69 Å². The molecule has 0 bridgehead atoms. The van der Waals surface area contributed by atoms with Gasteiger partial charge in [0.05, 0.1) is 13.2 Å². The van der Waals surface area contributed by atoms with Crippen molar-refractivity contribution in [1.82, 2.24) is 15.1 Å². The number of nitrogens with one attached hydrogen (secondary N) is 1. The lowest BCUT2D eigenvalue weighted by molar-refractivity contribution is 0.0911. The van der Waals surface area contributed by atoms with Gasteiger partial charge in [-0.3, -0.25) is 4.79 Å². The van der Waals surface area contributed by atoms with Gasteiger partial charge < -0.3 is 15.2 Å². The molecule has 0 saturated heterocycles. The maximum absolute atomic E-state index is 12.3. The summed E-state index contributed by atoms with van der Waals surface area (Å²) in [5, 5.41) is 17.1. The number of aliphatic hydroxyl groups excluding tert-OH is 1. The molecule has 1 aromatic carbocycles. The maximum atomic E-state index is 12.3. The second kappa shape index (κ2) is 7.05. The van der Waals surface area contributed by atoms with Crippen LogP contribution in [0.1, 0.15) is 35.3 Å². The highest BCUT2D eigenvalue weighted by Crippen LogP contribution is 2.25. The van der Waals surface area contributed by atoms with Crippen LogP contribution >= 0.6 is 0 Å². The van der Waals surface area contributed by atoms with E-state index in [2.05, 4.69) is 10.4 Å². The Morgan fingerprint density at radius 1 is 1.42 bits per heavy atom. The predicted octanol–water partition coefficient (Wildman–Crippen LogP) is 2.08. The largest absolute Gasteiger partial charge is 0.494 e. The first-order chi connectivity index (χ1) is 11.6. The number of nitrogens with zero attached hydrogens (tertiary/aromatic N) is 2. The molecule has 0 aliphatic heterocycles. The summed E-state index contributed by atoms with van der Waals surface area (Å²) in [6, 6.07) is 7.49. The van der Waals surface area contributed by atoms with Crippen LogP contribution in [-0.2, 0) is 0 Å². The van der Waals surface area contributed by atoms with Crippen LogP contribution in [0.2, 0.25) is 0 Å². The normalized spacial score (nSPS) is 20.1. The van der Waals surface area contributed by atoms with Gasteiger partial charge >= 0.3 is 0 Å². The molecule has 2 N–H and O–H groups in total. The van der Waals surface area contributed by atoms with Crippen LogP contribution in [0.4, 0.5) is 0 Å². The SMILES string of the molecule is COc1ccc(C)cc1-n1ccc(C(=O)NCC2CCCC2O)n1. The molecule has 2 aromatic rings. The number of carbonyl (C=O) groups excluding carboxylic acids is 1. The molecule has 1 amide bonds. The minimum absolute atomic E-state index is 0.146. The number of ether oxygens (including phenoxy) is 1. The first kappa shape index (κ1) is 16.5. The molecule has 0 radical (unpaired) electrons. The Labute approximate surface area is 141 Å². The van der Waals surface area contributed by atoms with E-state index in [4.69, 9.17) is 4.74 Å². The Balaban J connectivity index is 1.71. The summed E-state index contributed by atoms with van der Waals surface area (Å²) < 4.78 is 7.01. The quantitative estimate of drug-likeness (QED) is 0.880. The van der Waals surface area contributed by atoms with E-state index in [1.165, 1.54) is 0 Å². The van der Waals surface area contributed by atoms with Crippen molar-refractivity contribution >= 4 is 5.91 Å². The Morgan fingerprint density at radius 3 is 2.96 bits per heavy atom. The molecule has 0 spiro atoms. The minimum Gasteiger partial charge on any atom is -0.494 e. The average molecular weight is 329 g/mol. The van der Waals surface area contributed by atoms with Gasteiger partial charge in [0.2, 0.25) is 0 Å². The minimum atomic E-state index is -0.306. The summed E-state index contributed by atoms with van der Waals surface area (Å²) in [4.78, 5) is 12.3. The van der Waals surface area contributed by atoms with Crippen molar-refractivity contribution in [3.8, 4) is 11.4 Å². The van der Waals surface area contributed by atoms with Crippen molar-refractivity contribution in [2.75, 3.05) is 13.7 Å². The highest BCUT2D eigenvalue weighted by Gasteiger charge is 2.25. The van der Waals surface area contributed by atoms with E-state index in [1.54, 1.807) is 24.1 Å². The molecule has 1 aliphatic rings. The Kier molecular flexibility index (Phi) is 4.85. The summed E-state index contributed by atoms with van der Waals surface area (Å²) in [7, 11) is 1.61. The third-order valence-corrected chi connectivity index (χ3v) is 4.55. The monoisotopic (exact) mass is 329 g/mol. The zero-order valence-electron chi connectivity index (χ0n) is 14.0. The van der Waals surface area contributed by atoms with E-state index >= 15 is 0 Å². The molecule has 2 unspecified atom stereocenters. The summed E-state index contributed by atoms with van der Waals surface area (Å²) in [6.45, 7) is 2.48. The zero-order valence-corrected chi connectivity index (χ0v) is 14.0. The van der Waals surface area contributed by atoms with Crippen molar-refractivity contribution < 1.29 is 14.6 Å². The molecular formula is C18H23N3O3. The van der Waals surface area contributed by atoms with Gasteiger partial charge in [-0.25, -0.2) is 4.68 Å². The molecular weight excluding hydrogens is 306 g/mol. The summed E-state index contributed by atoms with van der Waals surface area (Å²) in [5.74, 6) is 0.622. The van der Waals surface area contributed by atoms with Crippen LogP contribution in [0, 0.1) is 12.8 Å². The standard InChI is InChI=1S/C18H23N3O3/c1-12-6-7-17(24-2)15(10-12)21-9-8-14(20-21)18(23)19-11-13-4-3-5-16(13)22/h6-10,13,16,22H,3-5,11H2,1-2H3,(H,19,23). The van der Waals surface area contributed by atoms with Gasteiger partial charge in [-0.2, -0.15) is 5.10 Å². The van der Waals surface area contributed by atoms with Crippen molar-refractivity contribution in [1.29, 1.82) is 0 Å². The van der Waals surface area contributed by atoms with E-state index in [0.29, 0.717) is 18.0 Å². The predicted molar refractivity (Wildman–Crippen MR) is 90.5 cm³/mol. The Hall–Kier alpha value is -2.34. The van der Waals surface area contributed by atoms with E-state index in [1.807, 2.05) is 25.1 Å². The zero-order chi connectivity index (χ0) is 17.1. The highest BCUT2D eigenvalue weighted by atomic mass is 16.5. The third kappa shape index (κ3) is 3.43. The van der Waals surface area contributed by atoms with Gasteiger partial charge in [-0.1, -0.05) is 12.5 Å². The molecule has 1 fully saturated rings. The molecule has 1 aromatic heterocycles. The highest BCUT2D eigenvalue weighted by molar-refractivity contribution is 5.92. The van der Waals surface area contributed by atoms with Crippen LogP contribution in [-0.4, -0.2) is 40.6 Å². The lowest BCUT2D eigenvalue weighted by Gasteiger charge is -2.14. The molecule has 1 saturated carbocycles. The van der Waals surface area contributed by atoms with Gasteiger partial charge in [0.25, 0.3) is 5.91 Å². The summed E-state index contributed by atoms with van der Waals surface area (Å²) in [6.07, 6.45) is 4.23. The molecule has 1 heterocycles. The van der Waals surface area contributed by atoms with Crippen molar-refractivity contribution in [2.45, 2.75) is 32.3 Å². The fourth-order valence-corrected chi connectivity index (χ4v) is 3.13. The van der Waals surface area contributed by atoms with Crippen molar-refractivity contribution in [2.24, 2.45) is 5.92 Å². The van der Waals surface area contributed by atoms with Gasteiger partial charge in [0.1, 0.15) is 11.4 Å². The maximum Gasteiger partial charge on any atom is 0.271 e. The Bertz CT molecular complexity index is 726. The number of rotatable bonds is 5. The van der Waals surface area contributed by atoms with E-state index in [0.717, 1.165) is 30.5 Å². The number of amides is 1. The fraction of sp³-hybridized carbons (Fsp3) is 0.444. The number of aliphatic hydroxyl groups is 1. The number of methoxy groups -OCH3 is 1. The van der Waals surface area contributed by atoms with Crippen LogP contribution < -0.4 is 10.1 Å². The number of aryl methyl sites for hydroxylation is 1. The second-order valence-corrected chi connectivity index (χ2v) is 6.29. The van der Waals surface area contributed by atoms with Crippen LogP contribution in [0.5, 0.6) is 5.75 Å². The molecule has 1 aliphatic carbocycles. The fourth-order valence-electron chi connectivity index (χ4n) is 3.13. The van der Waals surface area contributed by atoms with Gasteiger partial charge in [-0.05, 0) is 43.5 Å². The second-order valence-electron chi connectivity index (χ2n) is 6.29. The van der Waals surface area contributed by atoms with Crippen LogP contribution in [0.25, 0.3) is 5.69 Å². The number of hydrogen-bond donors (Lipinski definition) is 2. The number of hydrogen-bond acceptors (Lipinski definition) is 4. The number of aromatic nitrogens is 2.